The molecule has 2 aliphatic carbocycles. The van der Waals surface area contributed by atoms with Gasteiger partial charge in [-0.2, -0.15) is 0 Å². The number of imide groups is 1. The van der Waals surface area contributed by atoms with Crippen LogP contribution in [-0.2, 0) is 9.53 Å². The Morgan fingerprint density at radius 2 is 2.00 bits per heavy atom. The maximum atomic E-state index is 13.2. The van der Waals surface area contributed by atoms with Crippen LogP contribution in [0.2, 0.25) is 0 Å². The summed E-state index contributed by atoms with van der Waals surface area (Å²) >= 11 is 0. The second-order valence-electron chi connectivity index (χ2n) is 8.31. The average molecular weight is 343 g/mol. The van der Waals surface area contributed by atoms with E-state index < -0.39 is 23.7 Å². The molecule has 134 valence electrons. The molecule has 5 nitrogen and oxygen atoms in total. The highest BCUT2D eigenvalue weighted by molar-refractivity contribution is 5.96. The Kier molecular flexibility index (Phi) is 3.52. The van der Waals surface area contributed by atoms with Gasteiger partial charge in [0.05, 0.1) is 17.6 Å². The van der Waals surface area contributed by atoms with E-state index in [0.717, 1.165) is 19.3 Å². The zero-order chi connectivity index (χ0) is 18.0. The number of hydrogen-bond donors (Lipinski definition) is 1. The van der Waals surface area contributed by atoms with Gasteiger partial charge in [0.1, 0.15) is 6.10 Å². The molecule has 1 aromatic rings. The SMILES string of the molecule is C[C@@H](C(=O)N1C(=O)O[C@@H]2C[C@H]3CC[C@]21C3(C)C)[C@H](O)c1ccccc1. The molecule has 1 N–H and O–H groups in total. The highest BCUT2D eigenvalue weighted by Crippen LogP contribution is 2.66. The molecule has 2 bridgehead atoms. The molecule has 2 amide bonds. The third-order valence-electron chi connectivity index (χ3n) is 7.09. The predicted octanol–water partition coefficient (Wildman–Crippen LogP) is 3.28. The minimum Gasteiger partial charge on any atom is -0.443 e. The molecule has 1 saturated heterocycles. The van der Waals surface area contributed by atoms with Crippen LogP contribution in [0.1, 0.15) is 51.7 Å². The van der Waals surface area contributed by atoms with Crippen molar-refractivity contribution in [1.82, 2.24) is 4.90 Å². The highest BCUT2D eigenvalue weighted by atomic mass is 16.6. The van der Waals surface area contributed by atoms with Gasteiger partial charge in [0.25, 0.3) is 0 Å². The summed E-state index contributed by atoms with van der Waals surface area (Å²) in [6.07, 6.45) is 0.937. The van der Waals surface area contributed by atoms with Crippen molar-refractivity contribution in [2.75, 3.05) is 0 Å². The summed E-state index contributed by atoms with van der Waals surface area (Å²) in [4.78, 5) is 27.2. The van der Waals surface area contributed by atoms with Crippen molar-refractivity contribution < 1.29 is 19.4 Å². The lowest BCUT2D eigenvalue weighted by molar-refractivity contribution is -0.142. The van der Waals surface area contributed by atoms with Crippen molar-refractivity contribution >= 4 is 12.0 Å². The van der Waals surface area contributed by atoms with Crippen LogP contribution in [0.5, 0.6) is 0 Å². The van der Waals surface area contributed by atoms with Crippen LogP contribution in [0.15, 0.2) is 30.3 Å². The molecule has 5 heteroatoms. The monoisotopic (exact) mass is 343 g/mol. The van der Waals surface area contributed by atoms with Gasteiger partial charge in [-0.25, -0.2) is 9.69 Å². The number of aliphatic hydroxyl groups excluding tert-OH is 1. The first-order chi connectivity index (χ1) is 11.8. The van der Waals surface area contributed by atoms with Crippen molar-refractivity contribution in [2.24, 2.45) is 17.3 Å². The zero-order valence-corrected chi connectivity index (χ0v) is 14.9. The molecule has 1 spiro atoms. The van der Waals surface area contributed by atoms with Gasteiger partial charge >= 0.3 is 6.09 Å². The number of fused-ring (bicyclic) bond motifs is 1. The maximum absolute atomic E-state index is 13.2. The Morgan fingerprint density at radius 3 is 2.64 bits per heavy atom. The summed E-state index contributed by atoms with van der Waals surface area (Å²) in [6, 6.07) is 9.11. The minimum absolute atomic E-state index is 0.156. The van der Waals surface area contributed by atoms with Crippen molar-refractivity contribution in [3.63, 3.8) is 0 Å². The summed E-state index contributed by atoms with van der Waals surface area (Å²) in [5.74, 6) is -0.576. The molecule has 5 atom stereocenters. The molecule has 0 unspecified atom stereocenters. The van der Waals surface area contributed by atoms with E-state index >= 15 is 0 Å². The number of benzene rings is 1. The van der Waals surface area contributed by atoms with Crippen molar-refractivity contribution in [3.8, 4) is 0 Å². The number of hydrogen-bond acceptors (Lipinski definition) is 4. The van der Waals surface area contributed by atoms with E-state index in [1.165, 1.54) is 4.90 Å². The quantitative estimate of drug-likeness (QED) is 0.914. The fourth-order valence-corrected chi connectivity index (χ4v) is 5.46. The van der Waals surface area contributed by atoms with Gasteiger partial charge in [-0.3, -0.25) is 4.79 Å². The van der Waals surface area contributed by atoms with E-state index in [4.69, 9.17) is 4.74 Å². The van der Waals surface area contributed by atoms with Gasteiger partial charge in [0.2, 0.25) is 5.91 Å². The lowest BCUT2D eigenvalue weighted by Crippen LogP contribution is -2.58. The third-order valence-corrected chi connectivity index (χ3v) is 7.09. The number of carbonyl (C=O) groups excluding carboxylic acids is 2. The first-order valence-electron chi connectivity index (χ1n) is 9.08. The van der Waals surface area contributed by atoms with Crippen molar-refractivity contribution in [2.45, 2.75) is 57.8 Å². The second kappa shape index (κ2) is 5.31. The van der Waals surface area contributed by atoms with Crippen LogP contribution in [0, 0.1) is 17.3 Å². The molecule has 0 aromatic heterocycles. The molecule has 1 heterocycles. The van der Waals surface area contributed by atoms with E-state index in [1.54, 1.807) is 19.1 Å². The maximum Gasteiger partial charge on any atom is 0.417 e. The Balaban J connectivity index is 1.66. The van der Waals surface area contributed by atoms with Crippen molar-refractivity contribution in [1.29, 1.82) is 0 Å². The van der Waals surface area contributed by atoms with Crippen LogP contribution in [0.3, 0.4) is 0 Å². The fourth-order valence-electron chi connectivity index (χ4n) is 5.46. The van der Waals surface area contributed by atoms with E-state index in [1.807, 2.05) is 18.2 Å². The Morgan fingerprint density at radius 1 is 1.32 bits per heavy atom. The van der Waals surface area contributed by atoms with Gasteiger partial charge in [-0.05, 0) is 36.2 Å². The topological polar surface area (TPSA) is 66.8 Å². The predicted molar refractivity (Wildman–Crippen MR) is 91.5 cm³/mol. The molecule has 25 heavy (non-hydrogen) atoms. The van der Waals surface area contributed by atoms with Crippen LogP contribution in [-0.4, -0.2) is 33.6 Å². The average Bonchev–Trinajstić information content (AvgIpc) is 3.12. The normalized spacial score (nSPS) is 34.6. The molecule has 3 fully saturated rings. The first kappa shape index (κ1) is 16.6. The van der Waals surface area contributed by atoms with E-state index in [0.29, 0.717) is 11.5 Å². The van der Waals surface area contributed by atoms with Gasteiger partial charge in [-0.1, -0.05) is 51.1 Å². The van der Waals surface area contributed by atoms with Gasteiger partial charge in [-0.15, -0.1) is 0 Å². The molecular formula is C20H25NO4. The summed E-state index contributed by atoms with van der Waals surface area (Å²) in [6.45, 7) is 5.97. The Labute approximate surface area is 148 Å². The fraction of sp³-hybridized carbons (Fsp3) is 0.600. The number of aliphatic hydroxyl groups is 1. The summed E-state index contributed by atoms with van der Waals surface area (Å²) in [5.41, 5.74) is -0.0344. The molecule has 0 radical (unpaired) electrons. The largest absolute Gasteiger partial charge is 0.443 e. The summed E-state index contributed by atoms with van der Waals surface area (Å²) in [5, 5.41) is 10.6. The molecule has 3 aliphatic rings. The number of amides is 2. The lowest BCUT2D eigenvalue weighted by Gasteiger charge is -2.42. The number of ether oxygens (including phenoxy) is 1. The second-order valence-corrected chi connectivity index (χ2v) is 8.31. The van der Waals surface area contributed by atoms with Gasteiger partial charge in [0, 0.05) is 0 Å². The molecule has 1 aromatic carbocycles. The molecular weight excluding hydrogens is 318 g/mol. The number of rotatable bonds is 3. The van der Waals surface area contributed by atoms with Crippen molar-refractivity contribution in [3.05, 3.63) is 35.9 Å². The minimum atomic E-state index is -0.946. The van der Waals surface area contributed by atoms with Crippen LogP contribution >= 0.6 is 0 Å². The molecule has 4 rings (SSSR count). The summed E-state index contributed by atoms with van der Waals surface area (Å²) in [7, 11) is 0. The van der Waals surface area contributed by atoms with Crippen LogP contribution in [0.25, 0.3) is 0 Å². The van der Waals surface area contributed by atoms with E-state index in [-0.39, 0.29) is 17.4 Å². The highest BCUT2D eigenvalue weighted by Gasteiger charge is 2.74. The number of nitrogens with zero attached hydrogens (tertiary/aromatic N) is 1. The van der Waals surface area contributed by atoms with Gasteiger partial charge in [0.15, 0.2) is 0 Å². The Hall–Kier alpha value is -1.88. The summed E-state index contributed by atoms with van der Waals surface area (Å²) < 4.78 is 5.60. The molecule has 1 aliphatic heterocycles. The lowest BCUT2D eigenvalue weighted by atomic mass is 9.74. The Bertz CT molecular complexity index is 716. The smallest absolute Gasteiger partial charge is 0.417 e. The molecule has 2 saturated carbocycles. The van der Waals surface area contributed by atoms with Gasteiger partial charge < -0.3 is 9.84 Å². The van der Waals surface area contributed by atoms with Crippen LogP contribution < -0.4 is 0 Å². The van der Waals surface area contributed by atoms with Crippen LogP contribution in [0.4, 0.5) is 4.79 Å². The number of carbonyl (C=O) groups is 2. The third kappa shape index (κ3) is 1.99. The zero-order valence-electron chi connectivity index (χ0n) is 14.9. The standard InChI is InChI=1S/C20H25NO4/c1-12(16(22)13-7-5-4-6-8-13)17(23)21-18(24)25-15-11-14-9-10-20(15,21)19(14,2)3/h4-8,12,14-16,22H,9-11H2,1-3H3/t12-,14-,15-,16+,20-/m1/s1. The van der Waals surface area contributed by atoms with E-state index in [2.05, 4.69) is 13.8 Å². The van der Waals surface area contributed by atoms with E-state index in [9.17, 15) is 14.7 Å². The first-order valence-corrected chi connectivity index (χ1v) is 9.08.